The Balaban J connectivity index is 1.82. The summed E-state index contributed by atoms with van der Waals surface area (Å²) in [7, 11) is -3.12. The summed E-state index contributed by atoms with van der Waals surface area (Å²) in [6.45, 7) is -1.02. The van der Waals surface area contributed by atoms with E-state index < -0.39 is 46.2 Å². The minimum atomic E-state index is -4.76. The van der Waals surface area contributed by atoms with Gasteiger partial charge in [0.15, 0.2) is 0 Å². The topological polar surface area (TPSA) is 86.8 Å². The number of sulfonamides is 1. The standard InChI is InChI=1S/C32H29ClF3N3O4S/c1-37-31(41)29(19-23-10-4-2-5-11-23)38(21-24-12-8-14-26(33)18-24)30(40)22-39(44(42,43)28-16-6-3-7-17-28)27-15-9-13-25(20-27)32(34,35)36/h2-18,20,29H,19,21-22H2,1H3,(H,37,41)/t29-/m1/s1. The zero-order valence-corrected chi connectivity index (χ0v) is 25.1. The quantitative estimate of drug-likeness (QED) is 0.219. The number of hydrogen-bond donors (Lipinski definition) is 1. The fourth-order valence-electron chi connectivity index (χ4n) is 4.64. The number of halogens is 4. The van der Waals surface area contributed by atoms with Crippen molar-refractivity contribution >= 4 is 39.1 Å². The highest BCUT2D eigenvalue weighted by molar-refractivity contribution is 7.92. The van der Waals surface area contributed by atoms with Crippen LogP contribution < -0.4 is 9.62 Å². The highest BCUT2D eigenvalue weighted by Gasteiger charge is 2.36. The fraction of sp³-hybridized carbons (Fsp3) is 0.188. The number of nitrogens with one attached hydrogen (secondary N) is 1. The smallest absolute Gasteiger partial charge is 0.357 e. The highest BCUT2D eigenvalue weighted by Crippen LogP contribution is 2.33. The second-order valence-electron chi connectivity index (χ2n) is 9.84. The van der Waals surface area contributed by atoms with E-state index >= 15 is 0 Å². The van der Waals surface area contributed by atoms with Crippen molar-refractivity contribution in [2.24, 2.45) is 0 Å². The van der Waals surface area contributed by atoms with Crippen LogP contribution in [0, 0.1) is 0 Å². The minimum Gasteiger partial charge on any atom is -0.357 e. The molecule has 1 atom stereocenters. The number of amides is 2. The Labute approximate surface area is 258 Å². The number of likely N-dealkylation sites (N-methyl/N-ethyl adjacent to an activating group) is 1. The molecule has 2 amide bonds. The molecular weight excluding hydrogens is 615 g/mol. The van der Waals surface area contributed by atoms with Crippen molar-refractivity contribution in [2.75, 3.05) is 17.9 Å². The second-order valence-corrected chi connectivity index (χ2v) is 12.1. The molecule has 0 bridgehead atoms. The van der Waals surface area contributed by atoms with Gasteiger partial charge in [-0.2, -0.15) is 13.2 Å². The van der Waals surface area contributed by atoms with Gasteiger partial charge in [0.25, 0.3) is 10.0 Å². The Kier molecular flexibility index (Phi) is 10.3. The number of carbonyl (C=O) groups excluding carboxylic acids is 2. The van der Waals surface area contributed by atoms with Crippen LogP contribution in [0.5, 0.6) is 0 Å². The Morgan fingerprint density at radius 1 is 0.841 bits per heavy atom. The molecule has 0 aliphatic carbocycles. The molecule has 12 heteroatoms. The molecule has 230 valence electrons. The van der Waals surface area contributed by atoms with Crippen LogP contribution in [0.1, 0.15) is 16.7 Å². The number of rotatable bonds is 11. The average Bonchev–Trinajstić information content (AvgIpc) is 3.01. The summed E-state index contributed by atoms with van der Waals surface area (Å²) in [5, 5.41) is 2.95. The van der Waals surface area contributed by atoms with Gasteiger partial charge in [0.2, 0.25) is 11.8 Å². The lowest BCUT2D eigenvalue weighted by molar-refractivity contribution is -0.139. The summed E-state index contributed by atoms with van der Waals surface area (Å²) in [5.41, 5.74) is -0.154. The average molecular weight is 644 g/mol. The summed E-state index contributed by atoms with van der Waals surface area (Å²) >= 11 is 6.19. The van der Waals surface area contributed by atoms with Crippen LogP contribution in [0.3, 0.4) is 0 Å². The maximum Gasteiger partial charge on any atom is 0.416 e. The minimum absolute atomic E-state index is 0.0851. The normalized spacial score (nSPS) is 12.3. The molecule has 0 fully saturated rings. The lowest BCUT2D eigenvalue weighted by atomic mass is 10.0. The number of benzene rings is 4. The molecule has 0 aliphatic rings. The first kappa shape index (κ1) is 32.6. The first-order valence-corrected chi connectivity index (χ1v) is 15.3. The molecule has 1 N–H and O–H groups in total. The Morgan fingerprint density at radius 3 is 2.07 bits per heavy atom. The van der Waals surface area contributed by atoms with Crippen LogP contribution in [-0.4, -0.2) is 44.8 Å². The van der Waals surface area contributed by atoms with Crippen molar-refractivity contribution in [1.82, 2.24) is 10.2 Å². The van der Waals surface area contributed by atoms with E-state index in [1.165, 1.54) is 42.3 Å². The molecule has 44 heavy (non-hydrogen) atoms. The van der Waals surface area contributed by atoms with E-state index in [4.69, 9.17) is 11.6 Å². The van der Waals surface area contributed by atoms with Crippen LogP contribution in [-0.2, 0) is 38.8 Å². The molecule has 0 saturated carbocycles. The monoisotopic (exact) mass is 643 g/mol. The number of anilines is 1. The molecule has 0 aliphatic heterocycles. The lowest BCUT2D eigenvalue weighted by Crippen LogP contribution is -2.53. The lowest BCUT2D eigenvalue weighted by Gasteiger charge is -2.33. The van der Waals surface area contributed by atoms with Gasteiger partial charge in [0.05, 0.1) is 16.1 Å². The molecule has 0 unspecified atom stereocenters. The van der Waals surface area contributed by atoms with Crippen molar-refractivity contribution in [2.45, 2.75) is 30.1 Å². The van der Waals surface area contributed by atoms with Gasteiger partial charge in [-0.05, 0) is 53.6 Å². The maximum atomic E-state index is 14.2. The Bertz CT molecular complexity index is 1700. The predicted octanol–water partition coefficient (Wildman–Crippen LogP) is 5.94. The van der Waals surface area contributed by atoms with Gasteiger partial charge in [-0.25, -0.2) is 8.42 Å². The molecule has 0 aromatic heterocycles. The van der Waals surface area contributed by atoms with Crippen LogP contribution in [0.15, 0.2) is 114 Å². The van der Waals surface area contributed by atoms with Crippen molar-refractivity contribution in [3.8, 4) is 0 Å². The SMILES string of the molecule is CNC(=O)[C@@H](Cc1ccccc1)N(Cc1cccc(Cl)c1)C(=O)CN(c1cccc(C(F)(F)F)c1)S(=O)(=O)c1ccccc1. The van der Waals surface area contributed by atoms with Crippen LogP contribution in [0.4, 0.5) is 18.9 Å². The first-order chi connectivity index (χ1) is 20.9. The number of nitrogens with zero attached hydrogens (tertiary/aromatic N) is 2. The van der Waals surface area contributed by atoms with Crippen molar-refractivity contribution in [1.29, 1.82) is 0 Å². The maximum absolute atomic E-state index is 14.2. The summed E-state index contributed by atoms with van der Waals surface area (Å²) in [6, 6.07) is 25.3. The number of alkyl halides is 3. The third-order valence-corrected chi connectivity index (χ3v) is 8.85. The molecule has 0 spiro atoms. The van der Waals surface area contributed by atoms with E-state index in [1.807, 2.05) is 0 Å². The number of carbonyl (C=O) groups is 2. The zero-order valence-electron chi connectivity index (χ0n) is 23.5. The van der Waals surface area contributed by atoms with E-state index in [0.717, 1.165) is 17.7 Å². The van der Waals surface area contributed by atoms with Gasteiger partial charge >= 0.3 is 6.18 Å². The van der Waals surface area contributed by atoms with E-state index in [2.05, 4.69) is 5.32 Å². The third kappa shape index (κ3) is 7.97. The summed E-state index contributed by atoms with van der Waals surface area (Å²) < 4.78 is 69.4. The van der Waals surface area contributed by atoms with Gasteiger partial charge in [-0.1, -0.05) is 78.3 Å². The summed E-state index contributed by atoms with van der Waals surface area (Å²) in [6.07, 6.45) is -4.68. The summed E-state index contributed by atoms with van der Waals surface area (Å²) in [4.78, 5) is 28.5. The molecular formula is C32H29ClF3N3O4S. The van der Waals surface area contributed by atoms with Crippen LogP contribution in [0.25, 0.3) is 0 Å². The van der Waals surface area contributed by atoms with Crippen molar-refractivity contribution < 1.29 is 31.2 Å². The van der Waals surface area contributed by atoms with Gasteiger partial charge in [0.1, 0.15) is 12.6 Å². The largest absolute Gasteiger partial charge is 0.416 e. The van der Waals surface area contributed by atoms with Gasteiger partial charge < -0.3 is 10.2 Å². The fourth-order valence-corrected chi connectivity index (χ4v) is 6.28. The van der Waals surface area contributed by atoms with E-state index in [0.29, 0.717) is 21.0 Å². The third-order valence-electron chi connectivity index (χ3n) is 6.83. The van der Waals surface area contributed by atoms with Gasteiger partial charge in [-0.3, -0.25) is 13.9 Å². The Morgan fingerprint density at radius 2 is 1.45 bits per heavy atom. The molecule has 0 heterocycles. The van der Waals surface area contributed by atoms with Gasteiger partial charge in [0, 0.05) is 25.0 Å². The van der Waals surface area contributed by atoms with Crippen LogP contribution >= 0.6 is 11.6 Å². The predicted molar refractivity (Wildman–Crippen MR) is 162 cm³/mol. The van der Waals surface area contributed by atoms with Crippen molar-refractivity contribution in [3.05, 3.63) is 131 Å². The molecule has 4 aromatic rings. The van der Waals surface area contributed by atoms with Crippen molar-refractivity contribution in [3.63, 3.8) is 0 Å². The highest BCUT2D eigenvalue weighted by atomic mass is 35.5. The number of hydrogen-bond acceptors (Lipinski definition) is 4. The molecule has 7 nitrogen and oxygen atoms in total. The van der Waals surface area contributed by atoms with Crippen LogP contribution in [0.2, 0.25) is 5.02 Å². The second kappa shape index (κ2) is 14.0. The molecule has 4 rings (SSSR count). The zero-order chi connectivity index (χ0) is 31.9. The first-order valence-electron chi connectivity index (χ1n) is 13.4. The van der Waals surface area contributed by atoms with E-state index in [1.54, 1.807) is 60.7 Å². The Hall–Kier alpha value is -4.35. The van der Waals surface area contributed by atoms with Gasteiger partial charge in [-0.15, -0.1) is 0 Å². The summed E-state index contributed by atoms with van der Waals surface area (Å²) in [5.74, 6) is -1.33. The van der Waals surface area contributed by atoms with E-state index in [-0.39, 0.29) is 23.5 Å². The molecule has 4 aromatic carbocycles. The van der Waals surface area contributed by atoms with E-state index in [9.17, 15) is 31.2 Å². The molecule has 0 saturated heterocycles. The molecule has 0 radical (unpaired) electrons.